The molecule has 2 aromatic rings. The summed E-state index contributed by atoms with van der Waals surface area (Å²) in [6, 6.07) is 20.7. The first-order valence-electron chi connectivity index (χ1n) is 11.0. The van der Waals surface area contributed by atoms with E-state index in [4.69, 9.17) is 19.8 Å². The van der Waals surface area contributed by atoms with Gasteiger partial charge in [-0.05, 0) is 50.9 Å². The van der Waals surface area contributed by atoms with Gasteiger partial charge < -0.3 is 15.5 Å². The highest BCUT2D eigenvalue weighted by Gasteiger charge is 2.25. The molecule has 1 atom stereocenters. The number of aliphatic carboxylic acids is 2. The molecule has 1 aliphatic rings. The van der Waals surface area contributed by atoms with Crippen LogP contribution in [0.4, 0.5) is 0 Å². The SMILES string of the molecule is C/C(=C\c1ccccc1)CN1CCC(C(=O)NC(C)c2ccccc2)CC1.O=C(O)C(=O)O. The Bertz CT molecular complexity index is 924. The minimum Gasteiger partial charge on any atom is -0.473 e. The van der Waals surface area contributed by atoms with E-state index >= 15 is 0 Å². The Kier molecular flexibility index (Phi) is 10.3. The number of likely N-dealkylation sites (tertiary alicyclic amines) is 1. The predicted octanol–water partition coefficient (Wildman–Crippen LogP) is 3.83. The van der Waals surface area contributed by atoms with Crippen LogP contribution in [-0.2, 0) is 14.4 Å². The molecule has 1 amide bonds. The number of carbonyl (C=O) groups excluding carboxylic acids is 1. The molecule has 176 valence electrons. The second kappa shape index (κ2) is 13.2. The highest BCUT2D eigenvalue weighted by Crippen LogP contribution is 2.20. The number of nitrogens with zero attached hydrogens (tertiary/aromatic N) is 1. The lowest BCUT2D eigenvalue weighted by molar-refractivity contribution is -0.159. The summed E-state index contributed by atoms with van der Waals surface area (Å²) in [5.41, 5.74) is 3.77. The summed E-state index contributed by atoms with van der Waals surface area (Å²) in [6.45, 7) is 7.19. The van der Waals surface area contributed by atoms with Gasteiger partial charge in [-0.15, -0.1) is 0 Å². The third-order valence-corrected chi connectivity index (χ3v) is 5.49. The summed E-state index contributed by atoms with van der Waals surface area (Å²) < 4.78 is 0. The Balaban J connectivity index is 0.000000569. The van der Waals surface area contributed by atoms with Crippen molar-refractivity contribution in [2.45, 2.75) is 32.7 Å². The zero-order valence-electron chi connectivity index (χ0n) is 19.1. The van der Waals surface area contributed by atoms with Crippen molar-refractivity contribution in [3.63, 3.8) is 0 Å². The Morgan fingerprint density at radius 3 is 2.00 bits per heavy atom. The molecule has 0 saturated carbocycles. The van der Waals surface area contributed by atoms with Crippen LogP contribution >= 0.6 is 0 Å². The second-order valence-electron chi connectivity index (χ2n) is 8.20. The van der Waals surface area contributed by atoms with E-state index in [2.05, 4.69) is 66.5 Å². The largest absolute Gasteiger partial charge is 0.473 e. The number of nitrogens with one attached hydrogen (secondary N) is 1. The summed E-state index contributed by atoms with van der Waals surface area (Å²) in [5.74, 6) is -3.32. The fourth-order valence-corrected chi connectivity index (χ4v) is 3.74. The monoisotopic (exact) mass is 452 g/mol. The van der Waals surface area contributed by atoms with Crippen molar-refractivity contribution in [3.05, 3.63) is 77.4 Å². The van der Waals surface area contributed by atoms with Crippen molar-refractivity contribution in [2.75, 3.05) is 19.6 Å². The van der Waals surface area contributed by atoms with Gasteiger partial charge in [0.05, 0.1) is 6.04 Å². The molecule has 2 aromatic carbocycles. The normalized spacial score (nSPS) is 15.6. The number of benzene rings is 2. The minimum atomic E-state index is -1.82. The van der Waals surface area contributed by atoms with Crippen molar-refractivity contribution >= 4 is 23.9 Å². The number of rotatable bonds is 6. The first-order chi connectivity index (χ1) is 15.8. The van der Waals surface area contributed by atoms with Crippen molar-refractivity contribution in [2.24, 2.45) is 5.92 Å². The second-order valence-corrected chi connectivity index (χ2v) is 8.20. The highest BCUT2D eigenvalue weighted by molar-refractivity contribution is 6.27. The molecule has 0 spiro atoms. The van der Waals surface area contributed by atoms with E-state index in [0.717, 1.165) is 38.0 Å². The van der Waals surface area contributed by atoms with Gasteiger partial charge in [0.1, 0.15) is 0 Å². The quantitative estimate of drug-likeness (QED) is 0.575. The Morgan fingerprint density at radius 1 is 0.970 bits per heavy atom. The van der Waals surface area contributed by atoms with Crippen molar-refractivity contribution < 1.29 is 24.6 Å². The van der Waals surface area contributed by atoms with Crippen molar-refractivity contribution in [1.82, 2.24) is 10.2 Å². The molecule has 33 heavy (non-hydrogen) atoms. The van der Waals surface area contributed by atoms with Crippen LogP contribution in [0.15, 0.2) is 66.2 Å². The van der Waals surface area contributed by atoms with Crippen LogP contribution in [0.5, 0.6) is 0 Å². The number of hydrogen-bond acceptors (Lipinski definition) is 4. The van der Waals surface area contributed by atoms with Crippen molar-refractivity contribution in [1.29, 1.82) is 0 Å². The molecule has 3 rings (SSSR count). The van der Waals surface area contributed by atoms with Crippen LogP contribution in [0.3, 0.4) is 0 Å². The van der Waals surface area contributed by atoms with Crippen LogP contribution in [0.2, 0.25) is 0 Å². The van der Waals surface area contributed by atoms with Crippen LogP contribution in [0.25, 0.3) is 6.08 Å². The summed E-state index contributed by atoms with van der Waals surface area (Å²) in [4.78, 5) is 33.3. The van der Waals surface area contributed by atoms with E-state index < -0.39 is 11.9 Å². The fraction of sp³-hybridized carbons (Fsp3) is 0.346. The summed E-state index contributed by atoms with van der Waals surface area (Å²) >= 11 is 0. The highest BCUT2D eigenvalue weighted by atomic mass is 16.4. The summed E-state index contributed by atoms with van der Waals surface area (Å²) in [7, 11) is 0. The molecular weight excluding hydrogens is 420 g/mol. The average molecular weight is 453 g/mol. The molecule has 1 heterocycles. The summed E-state index contributed by atoms with van der Waals surface area (Å²) in [6.07, 6.45) is 4.12. The minimum absolute atomic E-state index is 0.0628. The van der Waals surface area contributed by atoms with E-state index in [-0.39, 0.29) is 17.9 Å². The molecule has 0 radical (unpaired) electrons. The van der Waals surface area contributed by atoms with Gasteiger partial charge in [0.25, 0.3) is 0 Å². The van der Waals surface area contributed by atoms with Gasteiger partial charge in [-0.1, -0.05) is 72.3 Å². The van der Waals surface area contributed by atoms with E-state index in [9.17, 15) is 4.79 Å². The maximum Gasteiger partial charge on any atom is 0.414 e. The van der Waals surface area contributed by atoms with Gasteiger partial charge in [0, 0.05) is 12.5 Å². The first kappa shape index (κ1) is 25.8. The fourth-order valence-electron chi connectivity index (χ4n) is 3.74. The van der Waals surface area contributed by atoms with E-state index in [0.29, 0.717) is 0 Å². The molecular formula is C26H32N2O5. The van der Waals surface area contributed by atoms with Crippen LogP contribution in [0, 0.1) is 5.92 Å². The van der Waals surface area contributed by atoms with E-state index in [1.54, 1.807) is 0 Å². The van der Waals surface area contributed by atoms with E-state index in [1.807, 2.05) is 24.3 Å². The molecule has 3 N–H and O–H groups in total. The smallest absolute Gasteiger partial charge is 0.414 e. The van der Waals surface area contributed by atoms with Gasteiger partial charge in [0.2, 0.25) is 5.91 Å². The first-order valence-corrected chi connectivity index (χ1v) is 11.0. The Morgan fingerprint density at radius 2 is 1.48 bits per heavy atom. The van der Waals surface area contributed by atoms with Gasteiger partial charge in [0.15, 0.2) is 0 Å². The molecule has 0 aromatic heterocycles. The maximum atomic E-state index is 12.6. The number of carbonyl (C=O) groups is 3. The van der Waals surface area contributed by atoms with Crippen LogP contribution in [0.1, 0.15) is 43.9 Å². The third kappa shape index (κ3) is 9.29. The number of amides is 1. The molecule has 7 heteroatoms. The molecule has 1 fully saturated rings. The predicted molar refractivity (Wildman–Crippen MR) is 128 cm³/mol. The zero-order chi connectivity index (χ0) is 24.2. The standard InChI is InChI=1S/C24H30N2O.C2H2O4/c1-19(17-21-9-5-3-6-10-21)18-26-15-13-23(14-16-26)24(27)25-20(2)22-11-7-4-8-12-22;3-1(4)2(5)6/h3-12,17,20,23H,13-16,18H2,1-2H3,(H,25,27);(H,3,4)(H,5,6)/b19-17+;. The third-order valence-electron chi connectivity index (χ3n) is 5.49. The summed E-state index contributed by atoms with van der Waals surface area (Å²) in [5, 5.41) is 18.0. The topological polar surface area (TPSA) is 107 Å². The molecule has 7 nitrogen and oxygen atoms in total. The number of piperidine rings is 1. The van der Waals surface area contributed by atoms with Gasteiger partial charge in [-0.2, -0.15) is 0 Å². The Hall–Kier alpha value is -3.45. The molecule has 0 bridgehead atoms. The van der Waals surface area contributed by atoms with Gasteiger partial charge in [-0.3, -0.25) is 9.69 Å². The Labute approximate surface area is 194 Å². The number of hydrogen-bond donors (Lipinski definition) is 3. The lowest BCUT2D eigenvalue weighted by Gasteiger charge is -2.32. The molecule has 1 saturated heterocycles. The lowest BCUT2D eigenvalue weighted by atomic mass is 9.94. The molecule has 1 unspecified atom stereocenters. The number of carboxylic acids is 2. The van der Waals surface area contributed by atoms with Crippen LogP contribution < -0.4 is 5.32 Å². The molecule has 1 aliphatic heterocycles. The maximum absolute atomic E-state index is 12.6. The molecule has 0 aliphatic carbocycles. The van der Waals surface area contributed by atoms with E-state index in [1.165, 1.54) is 11.1 Å². The zero-order valence-corrected chi connectivity index (χ0v) is 19.1. The van der Waals surface area contributed by atoms with Gasteiger partial charge >= 0.3 is 11.9 Å². The number of carboxylic acid groups (broad SMARTS) is 2. The average Bonchev–Trinajstić information content (AvgIpc) is 2.81. The van der Waals surface area contributed by atoms with Crippen LogP contribution in [-0.4, -0.2) is 52.6 Å². The van der Waals surface area contributed by atoms with Gasteiger partial charge in [-0.25, -0.2) is 9.59 Å². The van der Waals surface area contributed by atoms with Crippen molar-refractivity contribution in [3.8, 4) is 0 Å². The lowest BCUT2D eigenvalue weighted by Crippen LogP contribution is -2.41.